The van der Waals surface area contributed by atoms with Crippen LogP contribution in [0.3, 0.4) is 0 Å². The summed E-state index contributed by atoms with van der Waals surface area (Å²) in [5, 5.41) is 4.38. The molecule has 114 valence electrons. The molecule has 0 heterocycles. The van der Waals surface area contributed by atoms with E-state index in [9.17, 15) is 14.4 Å². The number of aldehydes is 1. The molecule has 1 atom stereocenters. The first-order chi connectivity index (χ1) is 10.0. The zero-order chi connectivity index (χ0) is 15.8. The van der Waals surface area contributed by atoms with E-state index >= 15 is 0 Å². The number of nitrogens with one attached hydrogen (secondary N) is 2. The number of rotatable bonds is 6. The largest absolute Gasteiger partial charge is 0.490 e. The lowest BCUT2D eigenvalue weighted by molar-refractivity contribution is -0.126. The summed E-state index contributed by atoms with van der Waals surface area (Å²) >= 11 is 0. The number of benzene rings is 1. The van der Waals surface area contributed by atoms with Crippen LogP contribution in [0.4, 0.5) is 4.79 Å². The molecule has 0 fully saturated rings. The van der Waals surface area contributed by atoms with Gasteiger partial charge in [-0.1, -0.05) is 0 Å². The number of carbonyl (C=O) groups is 3. The smallest absolute Gasteiger partial charge is 0.321 e. The van der Waals surface area contributed by atoms with Gasteiger partial charge in [0.05, 0.1) is 6.61 Å². The number of hydrogen-bond acceptors (Lipinski definition) is 5. The van der Waals surface area contributed by atoms with Crippen LogP contribution in [0.25, 0.3) is 0 Å². The summed E-state index contributed by atoms with van der Waals surface area (Å²) in [6.07, 6.45) is -0.211. The topological polar surface area (TPSA) is 93.7 Å². The molecule has 0 aliphatic rings. The molecule has 0 saturated heterocycles. The van der Waals surface area contributed by atoms with Crippen molar-refractivity contribution in [1.29, 1.82) is 0 Å². The highest BCUT2D eigenvalue weighted by atomic mass is 16.5. The van der Waals surface area contributed by atoms with Crippen LogP contribution in [0.2, 0.25) is 0 Å². The van der Waals surface area contributed by atoms with Crippen LogP contribution < -0.4 is 20.1 Å². The molecule has 0 aromatic heterocycles. The fourth-order valence-corrected chi connectivity index (χ4v) is 1.48. The zero-order valence-corrected chi connectivity index (χ0v) is 12.1. The molecule has 2 N–H and O–H groups in total. The summed E-state index contributed by atoms with van der Waals surface area (Å²) in [5.41, 5.74) is 0.438. The van der Waals surface area contributed by atoms with Crippen LogP contribution in [0.15, 0.2) is 18.2 Å². The van der Waals surface area contributed by atoms with Crippen molar-refractivity contribution in [3.8, 4) is 11.5 Å². The minimum absolute atomic E-state index is 0.321. The van der Waals surface area contributed by atoms with E-state index in [0.717, 1.165) is 0 Å². The molecule has 7 nitrogen and oxygen atoms in total. The molecule has 7 heteroatoms. The molecular weight excluding hydrogens is 276 g/mol. The zero-order valence-electron chi connectivity index (χ0n) is 12.1. The standard InChI is InChI=1S/C14H18N2O5/c1-4-20-12-7-10(8-17)5-6-11(12)21-9(2)13(18)16-14(19)15-3/h5-9H,4H2,1-3H3,(H2,15,16,18,19)/t9-/m1/s1. The lowest BCUT2D eigenvalue weighted by atomic mass is 10.2. The van der Waals surface area contributed by atoms with E-state index in [1.165, 1.54) is 20.0 Å². The minimum atomic E-state index is -0.899. The van der Waals surface area contributed by atoms with Gasteiger partial charge in [-0.2, -0.15) is 0 Å². The molecule has 3 amide bonds. The maximum Gasteiger partial charge on any atom is 0.321 e. The maximum absolute atomic E-state index is 11.7. The Morgan fingerprint density at radius 3 is 2.62 bits per heavy atom. The average Bonchev–Trinajstić information content (AvgIpc) is 2.48. The lowest BCUT2D eigenvalue weighted by Crippen LogP contribution is -2.44. The Morgan fingerprint density at radius 1 is 1.33 bits per heavy atom. The van der Waals surface area contributed by atoms with Crippen molar-refractivity contribution in [3.63, 3.8) is 0 Å². The number of urea groups is 1. The molecule has 0 unspecified atom stereocenters. The Hall–Kier alpha value is -2.57. The molecule has 0 spiro atoms. The van der Waals surface area contributed by atoms with E-state index in [1.54, 1.807) is 19.1 Å². The Labute approximate surface area is 122 Å². The summed E-state index contributed by atoms with van der Waals surface area (Å²) in [7, 11) is 1.40. The third-order valence-corrected chi connectivity index (χ3v) is 2.54. The number of imide groups is 1. The van der Waals surface area contributed by atoms with E-state index in [1.807, 2.05) is 0 Å². The summed E-state index contributed by atoms with van der Waals surface area (Å²) in [6, 6.07) is 4.00. The Morgan fingerprint density at radius 2 is 2.05 bits per heavy atom. The van der Waals surface area contributed by atoms with Gasteiger partial charge >= 0.3 is 6.03 Å². The fraction of sp³-hybridized carbons (Fsp3) is 0.357. The van der Waals surface area contributed by atoms with Gasteiger partial charge < -0.3 is 14.8 Å². The van der Waals surface area contributed by atoms with Crippen LogP contribution >= 0.6 is 0 Å². The third-order valence-electron chi connectivity index (χ3n) is 2.54. The minimum Gasteiger partial charge on any atom is -0.490 e. The fourth-order valence-electron chi connectivity index (χ4n) is 1.48. The lowest BCUT2D eigenvalue weighted by Gasteiger charge is -2.17. The molecule has 1 rings (SSSR count). The third kappa shape index (κ3) is 4.79. The van der Waals surface area contributed by atoms with Crippen molar-refractivity contribution < 1.29 is 23.9 Å². The highest BCUT2D eigenvalue weighted by molar-refractivity contribution is 5.96. The van der Waals surface area contributed by atoms with Gasteiger partial charge in [0.1, 0.15) is 6.29 Å². The van der Waals surface area contributed by atoms with Gasteiger partial charge in [-0.05, 0) is 32.0 Å². The van der Waals surface area contributed by atoms with Crippen molar-refractivity contribution in [2.45, 2.75) is 20.0 Å². The molecular formula is C14H18N2O5. The van der Waals surface area contributed by atoms with Crippen molar-refractivity contribution >= 4 is 18.2 Å². The summed E-state index contributed by atoms with van der Waals surface area (Å²) < 4.78 is 10.8. The van der Waals surface area contributed by atoms with Crippen LogP contribution in [0.1, 0.15) is 24.2 Å². The van der Waals surface area contributed by atoms with E-state index in [2.05, 4.69) is 10.6 Å². The number of hydrogen-bond donors (Lipinski definition) is 2. The Balaban J connectivity index is 2.83. The Bertz CT molecular complexity index is 530. The summed E-state index contributed by atoms with van der Waals surface area (Å²) in [5.74, 6) is 0.0972. The normalized spacial score (nSPS) is 11.2. The van der Waals surface area contributed by atoms with Crippen molar-refractivity contribution in [2.24, 2.45) is 0 Å². The second-order valence-corrected chi connectivity index (χ2v) is 4.09. The second kappa shape index (κ2) is 7.88. The SMILES string of the molecule is CCOc1cc(C=O)ccc1O[C@H](C)C(=O)NC(=O)NC. The highest BCUT2D eigenvalue weighted by Gasteiger charge is 2.19. The van der Waals surface area contributed by atoms with E-state index in [-0.39, 0.29) is 0 Å². The monoisotopic (exact) mass is 294 g/mol. The molecule has 0 radical (unpaired) electrons. The van der Waals surface area contributed by atoms with E-state index in [0.29, 0.717) is 30.0 Å². The number of ether oxygens (including phenoxy) is 2. The quantitative estimate of drug-likeness (QED) is 0.767. The van der Waals surface area contributed by atoms with Gasteiger partial charge in [0, 0.05) is 12.6 Å². The maximum atomic E-state index is 11.7. The molecule has 0 aliphatic heterocycles. The first kappa shape index (κ1) is 16.5. The summed E-state index contributed by atoms with van der Waals surface area (Å²) in [4.78, 5) is 33.5. The number of carbonyl (C=O) groups excluding carboxylic acids is 3. The highest BCUT2D eigenvalue weighted by Crippen LogP contribution is 2.29. The molecule has 0 saturated carbocycles. The predicted octanol–water partition coefficient (Wildman–Crippen LogP) is 1.12. The van der Waals surface area contributed by atoms with E-state index < -0.39 is 18.0 Å². The molecule has 0 aliphatic carbocycles. The predicted molar refractivity (Wildman–Crippen MR) is 75.7 cm³/mol. The van der Waals surface area contributed by atoms with Crippen molar-refractivity contribution in [2.75, 3.05) is 13.7 Å². The average molecular weight is 294 g/mol. The molecule has 21 heavy (non-hydrogen) atoms. The first-order valence-corrected chi connectivity index (χ1v) is 6.43. The van der Waals surface area contributed by atoms with Crippen LogP contribution in [0, 0.1) is 0 Å². The van der Waals surface area contributed by atoms with Gasteiger partial charge in [0.25, 0.3) is 5.91 Å². The van der Waals surface area contributed by atoms with E-state index in [4.69, 9.17) is 9.47 Å². The number of amides is 3. The second-order valence-electron chi connectivity index (χ2n) is 4.09. The van der Waals surface area contributed by atoms with Gasteiger partial charge in [0.15, 0.2) is 17.6 Å². The van der Waals surface area contributed by atoms with Crippen LogP contribution in [-0.2, 0) is 4.79 Å². The van der Waals surface area contributed by atoms with Crippen molar-refractivity contribution in [1.82, 2.24) is 10.6 Å². The Kier molecular flexibility index (Phi) is 6.19. The van der Waals surface area contributed by atoms with Crippen LogP contribution in [-0.4, -0.2) is 38.0 Å². The van der Waals surface area contributed by atoms with Gasteiger partial charge in [-0.3, -0.25) is 14.9 Å². The summed E-state index contributed by atoms with van der Waals surface area (Å²) in [6.45, 7) is 3.68. The van der Waals surface area contributed by atoms with Gasteiger partial charge in [-0.15, -0.1) is 0 Å². The molecule has 1 aromatic carbocycles. The first-order valence-electron chi connectivity index (χ1n) is 6.43. The molecule has 1 aromatic rings. The van der Waals surface area contributed by atoms with Gasteiger partial charge in [0.2, 0.25) is 0 Å². The van der Waals surface area contributed by atoms with Crippen LogP contribution in [0.5, 0.6) is 11.5 Å². The molecule has 0 bridgehead atoms. The van der Waals surface area contributed by atoms with Gasteiger partial charge in [-0.25, -0.2) is 4.79 Å². The van der Waals surface area contributed by atoms with Crippen molar-refractivity contribution in [3.05, 3.63) is 23.8 Å².